The highest BCUT2D eigenvalue weighted by Crippen LogP contribution is 2.25. The smallest absolute Gasteiger partial charge is 0.240 e. The van der Waals surface area contributed by atoms with E-state index in [1.807, 2.05) is 30.3 Å². The van der Waals surface area contributed by atoms with Gasteiger partial charge in [-0.1, -0.05) is 48.5 Å². The van der Waals surface area contributed by atoms with Gasteiger partial charge in [0.15, 0.2) is 0 Å². The van der Waals surface area contributed by atoms with Crippen LogP contribution in [0.4, 0.5) is 4.39 Å². The second kappa shape index (κ2) is 6.94. The summed E-state index contributed by atoms with van der Waals surface area (Å²) >= 11 is 0. The molecule has 0 saturated carbocycles. The number of nitrogens with one attached hydrogen (secondary N) is 1. The van der Waals surface area contributed by atoms with Crippen molar-refractivity contribution in [1.82, 2.24) is 14.1 Å². The number of sulfonamides is 1. The van der Waals surface area contributed by atoms with Gasteiger partial charge in [-0.2, -0.15) is 0 Å². The average Bonchev–Trinajstić information content (AvgIpc) is 3.05. The van der Waals surface area contributed by atoms with Gasteiger partial charge in [-0.15, -0.1) is 0 Å². The molecule has 0 atom stereocenters. The quantitative estimate of drug-likeness (QED) is 0.574. The van der Waals surface area contributed by atoms with E-state index in [2.05, 4.69) is 9.71 Å². The summed E-state index contributed by atoms with van der Waals surface area (Å²) in [5, 5.41) is 0. The van der Waals surface area contributed by atoms with Gasteiger partial charge in [0, 0.05) is 11.8 Å². The zero-order valence-electron chi connectivity index (χ0n) is 14.2. The molecular formula is C20H16FN3O2S. The first-order valence-electron chi connectivity index (χ1n) is 8.31. The molecule has 0 aliphatic heterocycles. The molecule has 2 heterocycles. The number of halogens is 1. The lowest BCUT2D eigenvalue weighted by Gasteiger charge is -2.09. The summed E-state index contributed by atoms with van der Waals surface area (Å²) in [4.78, 5) is 4.73. The summed E-state index contributed by atoms with van der Waals surface area (Å²) < 4.78 is 43.1. The highest BCUT2D eigenvalue weighted by Gasteiger charge is 2.18. The zero-order chi connectivity index (χ0) is 18.9. The number of imidazole rings is 1. The Bertz CT molecular complexity index is 1190. The van der Waals surface area contributed by atoms with E-state index in [0.717, 1.165) is 5.56 Å². The van der Waals surface area contributed by atoms with Gasteiger partial charge in [-0.25, -0.2) is 22.5 Å². The molecule has 0 saturated heterocycles. The Morgan fingerprint density at radius 3 is 2.30 bits per heavy atom. The van der Waals surface area contributed by atoms with Crippen molar-refractivity contribution in [3.8, 4) is 11.3 Å². The minimum atomic E-state index is -3.70. The van der Waals surface area contributed by atoms with Crippen LogP contribution in [-0.4, -0.2) is 17.8 Å². The number of fused-ring (bicyclic) bond motifs is 1. The minimum absolute atomic E-state index is 0.0218. The number of hydrogen-bond acceptors (Lipinski definition) is 3. The molecule has 2 aromatic carbocycles. The van der Waals surface area contributed by atoms with Crippen LogP contribution in [0.15, 0.2) is 83.9 Å². The van der Waals surface area contributed by atoms with E-state index < -0.39 is 15.8 Å². The van der Waals surface area contributed by atoms with Crippen LogP contribution in [0.25, 0.3) is 16.9 Å². The van der Waals surface area contributed by atoms with Crippen LogP contribution < -0.4 is 4.72 Å². The van der Waals surface area contributed by atoms with Crippen molar-refractivity contribution < 1.29 is 12.8 Å². The molecular weight excluding hydrogens is 365 g/mol. The van der Waals surface area contributed by atoms with Crippen molar-refractivity contribution >= 4 is 15.7 Å². The molecule has 2 aromatic heterocycles. The van der Waals surface area contributed by atoms with E-state index in [4.69, 9.17) is 0 Å². The highest BCUT2D eigenvalue weighted by molar-refractivity contribution is 7.89. The van der Waals surface area contributed by atoms with Crippen molar-refractivity contribution in [2.45, 2.75) is 11.4 Å². The fourth-order valence-electron chi connectivity index (χ4n) is 2.91. The fraction of sp³-hybridized carbons (Fsp3) is 0.0500. The fourth-order valence-corrected chi connectivity index (χ4v) is 3.92. The molecule has 0 unspecified atom stereocenters. The van der Waals surface area contributed by atoms with Crippen LogP contribution in [0.1, 0.15) is 5.69 Å². The van der Waals surface area contributed by atoms with Crippen LogP contribution >= 0.6 is 0 Å². The predicted molar refractivity (Wildman–Crippen MR) is 101 cm³/mol. The summed E-state index contributed by atoms with van der Waals surface area (Å²) in [5.41, 5.74) is 2.55. The largest absolute Gasteiger partial charge is 0.299 e. The monoisotopic (exact) mass is 381 g/mol. The van der Waals surface area contributed by atoms with Crippen molar-refractivity contribution in [1.29, 1.82) is 0 Å². The van der Waals surface area contributed by atoms with Crippen LogP contribution in [0.5, 0.6) is 0 Å². The molecule has 27 heavy (non-hydrogen) atoms. The molecule has 4 rings (SSSR count). The lowest BCUT2D eigenvalue weighted by atomic mass is 10.1. The molecule has 5 nitrogen and oxygen atoms in total. The molecule has 0 aliphatic rings. The first-order valence-corrected chi connectivity index (χ1v) is 9.79. The van der Waals surface area contributed by atoms with Crippen molar-refractivity contribution in [3.05, 3.63) is 90.5 Å². The Kier molecular flexibility index (Phi) is 4.47. The van der Waals surface area contributed by atoms with Crippen molar-refractivity contribution in [3.63, 3.8) is 0 Å². The van der Waals surface area contributed by atoms with Crippen molar-refractivity contribution in [2.24, 2.45) is 0 Å². The lowest BCUT2D eigenvalue weighted by molar-refractivity contribution is 0.580. The van der Waals surface area contributed by atoms with E-state index >= 15 is 0 Å². The van der Waals surface area contributed by atoms with Gasteiger partial charge in [-0.05, 0) is 24.3 Å². The van der Waals surface area contributed by atoms with E-state index in [1.165, 1.54) is 24.4 Å². The molecule has 0 aliphatic carbocycles. The normalized spacial score (nSPS) is 11.7. The molecule has 0 bridgehead atoms. The maximum absolute atomic E-state index is 13.8. The third kappa shape index (κ3) is 3.47. The average molecular weight is 381 g/mol. The Morgan fingerprint density at radius 1 is 0.926 bits per heavy atom. The predicted octanol–water partition coefficient (Wildman–Crippen LogP) is 3.62. The molecule has 0 spiro atoms. The maximum Gasteiger partial charge on any atom is 0.240 e. The standard InChI is InChI=1S/C20H16FN3O2S/c21-16-11-12-19-23-20(15-7-3-1-4-8-15)18(24(19)14-16)13-22-27(25,26)17-9-5-2-6-10-17/h1-12,14,22H,13H2. The maximum atomic E-state index is 13.8. The highest BCUT2D eigenvalue weighted by atomic mass is 32.2. The molecule has 7 heteroatoms. The first kappa shape index (κ1) is 17.4. The lowest BCUT2D eigenvalue weighted by Crippen LogP contribution is -2.24. The molecule has 4 aromatic rings. The molecule has 1 N–H and O–H groups in total. The SMILES string of the molecule is O=S(=O)(NCc1c(-c2ccccc2)nc2ccc(F)cn12)c1ccccc1. The number of aromatic nitrogens is 2. The van der Waals surface area contributed by atoms with Crippen LogP contribution in [-0.2, 0) is 16.6 Å². The van der Waals surface area contributed by atoms with Gasteiger partial charge in [0.25, 0.3) is 0 Å². The summed E-state index contributed by atoms with van der Waals surface area (Å²) in [6.07, 6.45) is 1.31. The summed E-state index contributed by atoms with van der Waals surface area (Å²) in [6, 6.07) is 20.4. The summed E-state index contributed by atoms with van der Waals surface area (Å²) in [7, 11) is -3.70. The van der Waals surface area contributed by atoms with Gasteiger partial charge in [0.2, 0.25) is 10.0 Å². The topological polar surface area (TPSA) is 63.5 Å². The van der Waals surface area contributed by atoms with E-state index in [9.17, 15) is 12.8 Å². The Balaban J connectivity index is 1.77. The number of pyridine rings is 1. The third-order valence-electron chi connectivity index (χ3n) is 4.21. The van der Waals surface area contributed by atoms with Crippen LogP contribution in [0.3, 0.4) is 0 Å². The second-order valence-corrected chi connectivity index (χ2v) is 7.75. The zero-order valence-corrected chi connectivity index (χ0v) is 15.0. The van der Waals surface area contributed by atoms with E-state index in [1.54, 1.807) is 28.7 Å². The van der Waals surface area contributed by atoms with E-state index in [0.29, 0.717) is 17.0 Å². The number of rotatable bonds is 5. The van der Waals surface area contributed by atoms with Crippen LogP contribution in [0, 0.1) is 5.82 Å². The third-order valence-corrected chi connectivity index (χ3v) is 5.63. The van der Waals surface area contributed by atoms with Gasteiger partial charge in [0.05, 0.1) is 22.8 Å². The van der Waals surface area contributed by atoms with Gasteiger partial charge in [0.1, 0.15) is 11.5 Å². The molecule has 136 valence electrons. The summed E-state index contributed by atoms with van der Waals surface area (Å²) in [6.45, 7) is -0.0218. The minimum Gasteiger partial charge on any atom is -0.299 e. The van der Waals surface area contributed by atoms with Gasteiger partial charge in [-0.3, -0.25) is 4.40 Å². The second-order valence-electron chi connectivity index (χ2n) is 5.99. The van der Waals surface area contributed by atoms with E-state index in [-0.39, 0.29) is 11.4 Å². The van der Waals surface area contributed by atoms with Gasteiger partial charge >= 0.3 is 0 Å². The Hall–Kier alpha value is -3.03. The first-order chi connectivity index (χ1) is 13.0. The summed E-state index contributed by atoms with van der Waals surface area (Å²) in [5.74, 6) is -0.424. The van der Waals surface area contributed by atoms with Gasteiger partial charge < -0.3 is 0 Å². The molecule has 0 amide bonds. The molecule has 0 radical (unpaired) electrons. The Labute approximate surface area is 156 Å². The van der Waals surface area contributed by atoms with Crippen molar-refractivity contribution in [2.75, 3.05) is 0 Å². The Morgan fingerprint density at radius 2 is 1.59 bits per heavy atom. The number of benzene rings is 2. The molecule has 0 fully saturated rings. The number of hydrogen-bond donors (Lipinski definition) is 1. The van der Waals surface area contributed by atoms with Crippen LogP contribution in [0.2, 0.25) is 0 Å². The number of nitrogens with zero attached hydrogens (tertiary/aromatic N) is 2.